The van der Waals surface area contributed by atoms with Crippen LogP contribution in [0.2, 0.25) is 0 Å². The number of ether oxygens (including phenoxy) is 2. The summed E-state index contributed by atoms with van der Waals surface area (Å²) in [5.74, 6) is -2.78. The van der Waals surface area contributed by atoms with Crippen LogP contribution in [0.4, 0.5) is 39.3 Å². The molecule has 7 N–H and O–H groups in total. The summed E-state index contributed by atoms with van der Waals surface area (Å²) in [6.07, 6.45) is -0.314. The van der Waals surface area contributed by atoms with E-state index in [-0.39, 0.29) is 130 Å². The molecule has 0 saturated heterocycles. The molecule has 0 unspecified atom stereocenters. The summed E-state index contributed by atoms with van der Waals surface area (Å²) in [5.41, 5.74) is -1.15. The lowest BCUT2D eigenvalue weighted by molar-refractivity contribution is -0.114. The maximum absolute atomic E-state index is 12.6. The number of carbonyl (C=O) groups excluding carboxylic acids is 1. The van der Waals surface area contributed by atoms with Gasteiger partial charge in [-0.25, -0.2) is 9.97 Å². The number of pyridine rings is 1. The molecule has 0 radical (unpaired) electrons. The molecule has 0 atom stereocenters. The van der Waals surface area contributed by atoms with Crippen LogP contribution in [0.1, 0.15) is 36.5 Å². The molecule has 0 fully saturated rings. The van der Waals surface area contributed by atoms with Crippen molar-refractivity contribution in [3.63, 3.8) is 0 Å². The Morgan fingerprint density at radius 1 is 0.747 bits per heavy atom. The topological polar surface area (TPSA) is 468 Å². The minimum Gasteiger partial charge on any atom is -0.497 e. The summed E-state index contributed by atoms with van der Waals surface area (Å²) >= 11 is 1.79. The van der Waals surface area contributed by atoms with Crippen molar-refractivity contribution in [2.24, 2.45) is 30.7 Å². The molecule has 5 aromatic carbocycles. The molecule has 436 valence electrons. The van der Waals surface area contributed by atoms with E-state index in [1.54, 1.807) is 6.92 Å². The highest BCUT2D eigenvalue weighted by Crippen LogP contribution is 2.45. The van der Waals surface area contributed by atoms with Crippen molar-refractivity contribution in [2.75, 3.05) is 36.3 Å². The number of amides is 1. The Bertz CT molecular complexity index is 4770. The molecule has 0 aliphatic heterocycles. The van der Waals surface area contributed by atoms with Crippen LogP contribution < -0.4 is 14.8 Å². The molecule has 1 amide bonds. The Morgan fingerprint density at radius 3 is 2.04 bits per heavy atom. The number of thiazole rings is 1. The number of fused-ring (bicyclic) bond motifs is 6. The number of azo groups is 3. The van der Waals surface area contributed by atoms with E-state index in [0.29, 0.717) is 5.56 Å². The largest absolute Gasteiger partial charge is 0.497 e. The standard InChI is InChI=1S/C46H41N11O19S7/c1-22-13-33(53-55-40-23(2)29(21-47)44-49-41-35(57(44)45(40)59)16-26(75-4)17-39(41)83(72,73)74)36(76-9-5-11-79(60,61)62)19-30(22)51-54-34-18-31(48-24(3)58)32(20-37(34)77-10-6-12-80(63,64)65)52-56-46-50-42-38(82(69,70)71)15-25-14-27(81(66,67)68)7-8-28(25)43(42)78-46/h7-8,13-20,59H,5-6,9-12H2,1-4H3,(H,48,58)(H,60,61,62)(H,63,64,65)(H,66,67,68)(H,69,70,71)(H,72,73,74). The second-order valence-corrected chi connectivity index (χ2v) is 27.1. The number of anilines is 1. The predicted octanol–water partition coefficient (Wildman–Crippen LogP) is 9.42. The average molecular weight is 1280 g/mol. The second kappa shape index (κ2) is 23.5. The fourth-order valence-electron chi connectivity index (χ4n) is 8.01. The SMILES string of the molecule is COc1cc(S(=O)(=O)O)c2nc3c(C#N)c(C)c(N=Nc4cc(C)c(N=Nc5cc(NC(C)=O)c(N=Nc6nc7c(S(=O)(=O)O)cc8cc(S(=O)(=O)O)ccc8c7s6)cc5SCCCS(=O)(=O)O)cc4OCCCS(=O)(=O)O)c(O)n3c2c1. The van der Waals surface area contributed by atoms with Gasteiger partial charge >= 0.3 is 0 Å². The van der Waals surface area contributed by atoms with E-state index in [1.807, 2.05) is 6.07 Å². The summed E-state index contributed by atoms with van der Waals surface area (Å²) < 4.78 is 181. The van der Waals surface area contributed by atoms with Crippen molar-refractivity contribution in [1.82, 2.24) is 14.4 Å². The van der Waals surface area contributed by atoms with Crippen LogP contribution >= 0.6 is 23.1 Å². The first-order valence-corrected chi connectivity index (χ1v) is 32.6. The number of nitrogens with zero attached hydrogens (tertiary/aromatic N) is 10. The molecule has 3 aromatic heterocycles. The Hall–Kier alpha value is -7.74. The molecule has 37 heteroatoms. The highest BCUT2D eigenvalue weighted by molar-refractivity contribution is 7.99. The summed E-state index contributed by atoms with van der Waals surface area (Å²) in [4.78, 5) is 19.4. The lowest BCUT2D eigenvalue weighted by Crippen LogP contribution is -2.08. The first-order chi connectivity index (χ1) is 38.7. The van der Waals surface area contributed by atoms with E-state index < -0.39 is 88.6 Å². The molecule has 83 heavy (non-hydrogen) atoms. The smallest absolute Gasteiger partial charge is 0.296 e. The summed E-state index contributed by atoms with van der Waals surface area (Å²) in [6, 6.07) is 14.0. The van der Waals surface area contributed by atoms with Gasteiger partial charge in [-0.15, -0.1) is 37.3 Å². The molecular formula is C46H41N11O19S7. The molecule has 0 aliphatic rings. The number of aryl methyl sites for hydroxylation is 1. The summed E-state index contributed by atoms with van der Waals surface area (Å²) in [5, 5.41) is 50.5. The van der Waals surface area contributed by atoms with Crippen molar-refractivity contribution in [3.8, 4) is 23.4 Å². The van der Waals surface area contributed by atoms with Crippen LogP contribution in [-0.2, 0) is 55.4 Å². The van der Waals surface area contributed by atoms with Gasteiger partial charge in [-0.2, -0.15) is 52.5 Å². The fraction of sp³-hybridized carbons (Fsp3) is 0.217. The van der Waals surface area contributed by atoms with Crippen LogP contribution in [0.25, 0.3) is 37.7 Å². The van der Waals surface area contributed by atoms with Crippen molar-refractivity contribution >= 4 is 157 Å². The van der Waals surface area contributed by atoms with E-state index >= 15 is 0 Å². The van der Waals surface area contributed by atoms with Crippen LogP contribution in [0.3, 0.4) is 0 Å². The molecule has 0 saturated carbocycles. The van der Waals surface area contributed by atoms with E-state index in [9.17, 15) is 80.0 Å². The Morgan fingerprint density at radius 2 is 1.40 bits per heavy atom. The summed E-state index contributed by atoms with van der Waals surface area (Å²) in [7, 11) is -22.3. The van der Waals surface area contributed by atoms with E-state index in [1.165, 1.54) is 57.4 Å². The highest BCUT2D eigenvalue weighted by Gasteiger charge is 2.27. The highest BCUT2D eigenvalue weighted by atomic mass is 32.2. The third-order valence-electron chi connectivity index (χ3n) is 11.7. The minimum absolute atomic E-state index is 0.00963. The van der Waals surface area contributed by atoms with Gasteiger partial charge in [0, 0.05) is 41.0 Å². The van der Waals surface area contributed by atoms with Gasteiger partial charge in [0.1, 0.15) is 61.0 Å². The van der Waals surface area contributed by atoms with Crippen LogP contribution in [0.15, 0.2) is 111 Å². The maximum atomic E-state index is 12.6. The Labute approximate surface area is 478 Å². The van der Waals surface area contributed by atoms with Gasteiger partial charge in [0.05, 0.1) is 51.7 Å². The van der Waals surface area contributed by atoms with Gasteiger partial charge in [0.25, 0.3) is 50.6 Å². The number of aromatic nitrogens is 3. The first kappa shape index (κ1) is 61.3. The van der Waals surface area contributed by atoms with E-state index in [0.717, 1.165) is 51.8 Å². The third kappa shape index (κ3) is 14.0. The Balaban J connectivity index is 1.22. The van der Waals surface area contributed by atoms with Gasteiger partial charge in [-0.1, -0.05) is 17.4 Å². The predicted molar refractivity (Wildman–Crippen MR) is 300 cm³/mol. The van der Waals surface area contributed by atoms with Gasteiger partial charge < -0.3 is 19.9 Å². The number of rotatable bonds is 21. The van der Waals surface area contributed by atoms with Gasteiger partial charge in [0.2, 0.25) is 16.9 Å². The van der Waals surface area contributed by atoms with Crippen molar-refractivity contribution in [3.05, 3.63) is 77.4 Å². The molecule has 0 spiro atoms. The molecule has 30 nitrogen and oxygen atoms in total. The molecular weight excluding hydrogens is 1240 g/mol. The normalized spacial score (nSPS) is 12.9. The Kier molecular flexibility index (Phi) is 17.4. The fourth-order valence-corrected chi connectivity index (χ4v) is 13.0. The van der Waals surface area contributed by atoms with Gasteiger partial charge in [0.15, 0.2) is 11.3 Å². The van der Waals surface area contributed by atoms with E-state index in [4.69, 9.17) is 9.47 Å². The number of imidazole rings is 1. The first-order valence-electron chi connectivity index (χ1n) is 23.2. The zero-order chi connectivity index (χ0) is 60.7. The van der Waals surface area contributed by atoms with Crippen molar-refractivity contribution < 1.29 is 84.2 Å². The summed E-state index contributed by atoms with van der Waals surface area (Å²) in [6.45, 7) is 3.79. The number of hydrogen-bond acceptors (Lipinski definition) is 25. The third-order valence-corrected chi connectivity index (χ3v) is 18.0. The van der Waals surface area contributed by atoms with Crippen LogP contribution in [0.5, 0.6) is 17.4 Å². The second-order valence-electron chi connectivity index (χ2n) is 17.6. The van der Waals surface area contributed by atoms with Crippen molar-refractivity contribution in [1.29, 1.82) is 5.26 Å². The maximum Gasteiger partial charge on any atom is 0.296 e. The molecule has 8 rings (SSSR count). The minimum atomic E-state index is -5.00. The van der Waals surface area contributed by atoms with Crippen LogP contribution in [0, 0.1) is 25.2 Å². The van der Waals surface area contributed by atoms with E-state index in [2.05, 4.69) is 46.0 Å². The zero-order valence-electron chi connectivity index (χ0n) is 42.8. The van der Waals surface area contributed by atoms with Gasteiger partial charge in [-0.3, -0.25) is 32.0 Å². The molecule has 0 bridgehead atoms. The quantitative estimate of drug-likeness (QED) is 0.0152. The van der Waals surface area contributed by atoms with Gasteiger partial charge in [-0.05, 0) is 79.8 Å². The molecule has 8 aromatic rings. The zero-order valence-corrected chi connectivity index (χ0v) is 48.6. The number of nitriles is 1. The lowest BCUT2D eigenvalue weighted by Gasteiger charge is -2.13. The molecule has 3 heterocycles. The van der Waals surface area contributed by atoms with Crippen LogP contribution in [-0.4, -0.2) is 121 Å². The number of thioether (sulfide) groups is 1. The number of aromatic hydroxyl groups is 1. The monoisotopic (exact) mass is 1280 g/mol. The number of methoxy groups -OCH3 is 1. The van der Waals surface area contributed by atoms with Crippen molar-refractivity contribution in [2.45, 2.75) is 53.2 Å². The number of hydrogen-bond donors (Lipinski definition) is 7. The molecule has 0 aliphatic carbocycles. The number of benzene rings is 5. The number of nitrogens with one attached hydrogen (secondary N) is 1. The lowest BCUT2D eigenvalue weighted by atomic mass is 10.1. The number of carbonyl (C=O) groups is 1. The average Bonchev–Trinajstić information content (AvgIpc) is 3.25.